The molecule has 2 atom stereocenters. The number of carboxylic acid groups (broad SMARTS) is 1. The molecule has 1 aliphatic heterocycles. The lowest BCUT2D eigenvalue weighted by Crippen LogP contribution is -2.11. The lowest BCUT2D eigenvalue weighted by atomic mass is 9.95. The predicted molar refractivity (Wildman–Crippen MR) is 56.6 cm³/mol. The molecular weight excluding hydrogens is 192 g/mol. The van der Waals surface area contributed by atoms with Crippen LogP contribution in [0.1, 0.15) is 41.3 Å². The first-order valence-electron chi connectivity index (χ1n) is 5.05. The van der Waals surface area contributed by atoms with Crippen molar-refractivity contribution in [2.24, 2.45) is 0 Å². The Hall–Kier alpha value is -1.51. The van der Waals surface area contributed by atoms with Crippen LogP contribution in [0.3, 0.4) is 0 Å². The van der Waals surface area contributed by atoms with Crippen molar-refractivity contribution in [3.63, 3.8) is 0 Å². The highest BCUT2D eigenvalue weighted by Crippen LogP contribution is 2.40. The van der Waals surface area contributed by atoms with Crippen molar-refractivity contribution in [1.82, 2.24) is 0 Å². The SMILES string of the molecule is Cc1cc(C(=O)O)c2c(c1)C(C)C(C)O2. The third-order valence-electron chi connectivity index (χ3n) is 2.99. The number of benzene rings is 1. The minimum absolute atomic E-state index is 0.0555. The fraction of sp³-hybridized carbons (Fsp3) is 0.417. The second-order valence-corrected chi connectivity index (χ2v) is 4.15. The van der Waals surface area contributed by atoms with Crippen molar-refractivity contribution in [2.75, 3.05) is 0 Å². The Morgan fingerprint density at radius 3 is 2.67 bits per heavy atom. The number of rotatable bonds is 1. The van der Waals surface area contributed by atoms with E-state index in [9.17, 15) is 4.79 Å². The molecule has 1 aromatic rings. The first kappa shape index (κ1) is 10.0. The molecule has 1 heterocycles. The third-order valence-corrected chi connectivity index (χ3v) is 2.99. The topological polar surface area (TPSA) is 46.5 Å². The molecule has 0 aromatic heterocycles. The number of aryl methyl sites for hydroxylation is 1. The Morgan fingerprint density at radius 2 is 2.07 bits per heavy atom. The van der Waals surface area contributed by atoms with Gasteiger partial charge >= 0.3 is 5.97 Å². The number of ether oxygens (including phenoxy) is 1. The van der Waals surface area contributed by atoms with E-state index in [2.05, 4.69) is 6.92 Å². The van der Waals surface area contributed by atoms with E-state index in [-0.39, 0.29) is 17.6 Å². The molecule has 3 heteroatoms. The molecule has 0 radical (unpaired) electrons. The van der Waals surface area contributed by atoms with Gasteiger partial charge in [0, 0.05) is 11.5 Å². The highest BCUT2D eigenvalue weighted by atomic mass is 16.5. The first-order valence-corrected chi connectivity index (χ1v) is 5.05. The molecule has 0 saturated carbocycles. The minimum atomic E-state index is -0.920. The molecule has 0 aliphatic carbocycles. The molecule has 0 fully saturated rings. The van der Waals surface area contributed by atoms with Gasteiger partial charge in [-0.15, -0.1) is 0 Å². The van der Waals surface area contributed by atoms with Gasteiger partial charge in [0.1, 0.15) is 17.4 Å². The molecule has 2 rings (SSSR count). The van der Waals surface area contributed by atoms with Crippen LogP contribution in [-0.2, 0) is 0 Å². The summed E-state index contributed by atoms with van der Waals surface area (Å²) in [6, 6.07) is 3.67. The van der Waals surface area contributed by atoms with Gasteiger partial charge in [-0.3, -0.25) is 0 Å². The Bertz CT molecular complexity index is 423. The van der Waals surface area contributed by atoms with Crippen molar-refractivity contribution >= 4 is 5.97 Å². The number of aromatic carboxylic acids is 1. The maximum Gasteiger partial charge on any atom is 0.339 e. The number of fused-ring (bicyclic) bond motifs is 1. The summed E-state index contributed by atoms with van der Waals surface area (Å²) in [6.45, 7) is 5.93. The van der Waals surface area contributed by atoms with Crippen LogP contribution in [0, 0.1) is 6.92 Å². The van der Waals surface area contributed by atoms with Crippen LogP contribution >= 0.6 is 0 Å². The van der Waals surface area contributed by atoms with Crippen molar-refractivity contribution < 1.29 is 14.6 Å². The van der Waals surface area contributed by atoms with Crippen molar-refractivity contribution in [2.45, 2.75) is 32.8 Å². The van der Waals surface area contributed by atoms with Gasteiger partial charge < -0.3 is 9.84 Å². The quantitative estimate of drug-likeness (QED) is 0.768. The summed E-state index contributed by atoms with van der Waals surface area (Å²) in [5.41, 5.74) is 2.26. The fourth-order valence-corrected chi connectivity index (χ4v) is 1.97. The monoisotopic (exact) mass is 206 g/mol. The van der Waals surface area contributed by atoms with Gasteiger partial charge in [0.25, 0.3) is 0 Å². The molecule has 0 amide bonds. The molecule has 1 aromatic carbocycles. The first-order chi connectivity index (χ1) is 7.00. The molecule has 0 spiro atoms. The van der Waals surface area contributed by atoms with Gasteiger partial charge in [-0.2, -0.15) is 0 Å². The molecule has 2 unspecified atom stereocenters. The second kappa shape index (κ2) is 3.26. The summed E-state index contributed by atoms with van der Waals surface area (Å²) in [5, 5.41) is 9.07. The summed E-state index contributed by atoms with van der Waals surface area (Å²) < 4.78 is 5.59. The summed E-state index contributed by atoms with van der Waals surface area (Å²) in [5.74, 6) is -0.109. The van der Waals surface area contributed by atoms with E-state index in [0.29, 0.717) is 5.75 Å². The average Bonchev–Trinajstić information content (AvgIpc) is 2.43. The third kappa shape index (κ3) is 1.48. The molecule has 15 heavy (non-hydrogen) atoms. The number of hydrogen-bond acceptors (Lipinski definition) is 2. The van der Waals surface area contributed by atoms with Gasteiger partial charge in [-0.1, -0.05) is 13.0 Å². The smallest absolute Gasteiger partial charge is 0.339 e. The van der Waals surface area contributed by atoms with Crippen molar-refractivity contribution in [3.8, 4) is 5.75 Å². The standard InChI is InChI=1S/C12H14O3/c1-6-4-9-7(2)8(3)15-11(9)10(5-6)12(13)14/h4-5,7-8H,1-3H3,(H,13,14). The average molecular weight is 206 g/mol. The van der Waals surface area contributed by atoms with Gasteiger partial charge in [0.15, 0.2) is 0 Å². The molecule has 1 N–H and O–H groups in total. The van der Waals surface area contributed by atoms with Gasteiger partial charge in [-0.05, 0) is 25.5 Å². The summed E-state index contributed by atoms with van der Waals surface area (Å²) in [6.07, 6.45) is 0.0555. The van der Waals surface area contributed by atoms with Crippen LogP contribution in [0.15, 0.2) is 12.1 Å². The Kier molecular flexibility index (Phi) is 2.18. The van der Waals surface area contributed by atoms with Crippen LogP contribution in [0.5, 0.6) is 5.75 Å². The van der Waals surface area contributed by atoms with E-state index in [1.54, 1.807) is 6.07 Å². The van der Waals surface area contributed by atoms with E-state index in [1.807, 2.05) is 19.9 Å². The Balaban J connectivity index is 2.62. The molecule has 1 aliphatic rings. The lowest BCUT2D eigenvalue weighted by molar-refractivity contribution is 0.0691. The zero-order chi connectivity index (χ0) is 11.2. The normalized spacial score (nSPS) is 23.4. The molecule has 80 valence electrons. The Morgan fingerprint density at radius 1 is 1.40 bits per heavy atom. The number of carbonyl (C=O) groups is 1. The van der Waals surface area contributed by atoms with Crippen LogP contribution in [0.2, 0.25) is 0 Å². The maximum atomic E-state index is 11.0. The highest BCUT2D eigenvalue weighted by molar-refractivity contribution is 5.92. The van der Waals surface area contributed by atoms with Crippen molar-refractivity contribution in [1.29, 1.82) is 0 Å². The van der Waals surface area contributed by atoms with Gasteiger partial charge in [0.05, 0.1) is 0 Å². The summed E-state index contributed by atoms with van der Waals surface area (Å²) in [4.78, 5) is 11.0. The molecular formula is C12H14O3. The largest absolute Gasteiger partial charge is 0.489 e. The Labute approximate surface area is 88.7 Å². The van der Waals surface area contributed by atoms with Crippen LogP contribution in [-0.4, -0.2) is 17.2 Å². The minimum Gasteiger partial charge on any atom is -0.489 e. The second-order valence-electron chi connectivity index (χ2n) is 4.15. The maximum absolute atomic E-state index is 11.0. The molecule has 0 saturated heterocycles. The summed E-state index contributed by atoms with van der Waals surface area (Å²) >= 11 is 0. The van der Waals surface area contributed by atoms with E-state index in [0.717, 1.165) is 11.1 Å². The fourth-order valence-electron chi connectivity index (χ4n) is 1.97. The van der Waals surface area contributed by atoms with Gasteiger partial charge in [-0.25, -0.2) is 4.79 Å². The number of carboxylic acids is 1. The molecule has 0 bridgehead atoms. The van der Waals surface area contributed by atoms with E-state index in [1.165, 1.54) is 0 Å². The summed E-state index contributed by atoms with van der Waals surface area (Å²) in [7, 11) is 0. The van der Waals surface area contributed by atoms with Crippen LogP contribution in [0.25, 0.3) is 0 Å². The van der Waals surface area contributed by atoms with E-state index >= 15 is 0 Å². The van der Waals surface area contributed by atoms with Crippen LogP contribution in [0.4, 0.5) is 0 Å². The van der Waals surface area contributed by atoms with E-state index < -0.39 is 5.97 Å². The van der Waals surface area contributed by atoms with Crippen molar-refractivity contribution in [3.05, 3.63) is 28.8 Å². The highest BCUT2D eigenvalue weighted by Gasteiger charge is 2.31. The van der Waals surface area contributed by atoms with E-state index in [4.69, 9.17) is 9.84 Å². The van der Waals surface area contributed by atoms with Gasteiger partial charge in [0.2, 0.25) is 0 Å². The molecule has 3 nitrogen and oxygen atoms in total. The zero-order valence-electron chi connectivity index (χ0n) is 9.07. The zero-order valence-corrected chi connectivity index (χ0v) is 9.07. The number of hydrogen-bond donors (Lipinski definition) is 1. The van der Waals surface area contributed by atoms with Crippen LogP contribution < -0.4 is 4.74 Å². The predicted octanol–water partition coefficient (Wildman–Crippen LogP) is 2.58. The lowest BCUT2D eigenvalue weighted by Gasteiger charge is -2.07.